The number of rotatable bonds is 4. The zero-order valence-electron chi connectivity index (χ0n) is 14.4. The summed E-state index contributed by atoms with van der Waals surface area (Å²) in [5.41, 5.74) is 5.38. The van der Waals surface area contributed by atoms with Crippen LogP contribution in [-0.2, 0) is 9.59 Å². The van der Waals surface area contributed by atoms with Gasteiger partial charge >= 0.3 is 0 Å². The number of piperazine rings is 1. The molecule has 0 spiro atoms. The van der Waals surface area contributed by atoms with Crippen LogP contribution in [0.25, 0.3) is 0 Å². The van der Waals surface area contributed by atoms with Gasteiger partial charge in [-0.25, -0.2) is 0 Å². The summed E-state index contributed by atoms with van der Waals surface area (Å²) in [5, 5.41) is 0. The minimum atomic E-state index is -0.371. The summed E-state index contributed by atoms with van der Waals surface area (Å²) >= 11 is 0. The molecule has 24 heavy (non-hydrogen) atoms. The van der Waals surface area contributed by atoms with E-state index in [1.54, 1.807) is 6.92 Å². The second-order valence-electron chi connectivity index (χ2n) is 7.02. The molecular formula is C16H30Cl2N4O2. The van der Waals surface area contributed by atoms with E-state index >= 15 is 0 Å². The van der Waals surface area contributed by atoms with Crippen LogP contribution in [-0.4, -0.2) is 77.4 Å². The van der Waals surface area contributed by atoms with E-state index in [1.165, 1.54) is 6.42 Å². The molecule has 140 valence electrons. The molecule has 8 heteroatoms. The monoisotopic (exact) mass is 380 g/mol. The van der Waals surface area contributed by atoms with Crippen molar-refractivity contribution in [1.82, 2.24) is 14.7 Å². The molecule has 2 bridgehead atoms. The first kappa shape index (κ1) is 21.5. The number of nitrogens with zero attached hydrogens (tertiary/aromatic N) is 3. The van der Waals surface area contributed by atoms with E-state index in [9.17, 15) is 9.59 Å². The number of piperidine rings is 1. The number of fused-ring (bicyclic) bond motifs is 2. The Morgan fingerprint density at radius 2 is 1.71 bits per heavy atom. The molecule has 0 unspecified atom stereocenters. The van der Waals surface area contributed by atoms with Gasteiger partial charge in [-0.2, -0.15) is 0 Å². The van der Waals surface area contributed by atoms with Crippen molar-refractivity contribution in [3.05, 3.63) is 0 Å². The third-order valence-corrected chi connectivity index (χ3v) is 5.94. The topological polar surface area (TPSA) is 69.9 Å². The second-order valence-corrected chi connectivity index (χ2v) is 7.02. The van der Waals surface area contributed by atoms with Gasteiger partial charge in [-0.3, -0.25) is 19.4 Å². The number of hydrogen-bond acceptors (Lipinski definition) is 4. The number of halogens is 2. The number of amides is 2. The van der Waals surface area contributed by atoms with E-state index in [0.717, 1.165) is 65.0 Å². The average molecular weight is 381 g/mol. The minimum Gasteiger partial charge on any atom is -0.368 e. The van der Waals surface area contributed by atoms with Crippen molar-refractivity contribution in [3.8, 4) is 0 Å². The van der Waals surface area contributed by atoms with Crippen LogP contribution < -0.4 is 5.73 Å². The number of hydrogen-bond donors (Lipinski definition) is 1. The van der Waals surface area contributed by atoms with Crippen LogP contribution >= 0.6 is 24.8 Å². The lowest BCUT2D eigenvalue weighted by molar-refractivity contribution is -0.133. The first-order valence-corrected chi connectivity index (χ1v) is 8.57. The first-order chi connectivity index (χ1) is 10.5. The molecule has 2 amide bonds. The van der Waals surface area contributed by atoms with Crippen molar-refractivity contribution >= 4 is 36.6 Å². The lowest BCUT2D eigenvalue weighted by Crippen LogP contribution is -2.60. The largest absolute Gasteiger partial charge is 0.368 e. The van der Waals surface area contributed by atoms with Gasteiger partial charge in [-0.15, -0.1) is 24.8 Å². The van der Waals surface area contributed by atoms with Gasteiger partial charge in [0.1, 0.15) is 5.54 Å². The van der Waals surface area contributed by atoms with Gasteiger partial charge in [0, 0.05) is 52.2 Å². The third-order valence-electron chi connectivity index (χ3n) is 5.94. The van der Waals surface area contributed by atoms with E-state index in [1.807, 2.05) is 4.90 Å². The van der Waals surface area contributed by atoms with Crippen molar-refractivity contribution < 1.29 is 9.59 Å². The molecule has 2 N–H and O–H groups in total. The van der Waals surface area contributed by atoms with Crippen LogP contribution in [0.2, 0.25) is 0 Å². The molecule has 0 aliphatic carbocycles. The molecule has 0 aromatic rings. The summed E-state index contributed by atoms with van der Waals surface area (Å²) in [6.07, 6.45) is 5.30. The average Bonchev–Trinajstić information content (AvgIpc) is 2.71. The highest BCUT2D eigenvalue weighted by molar-refractivity contribution is 5.86. The van der Waals surface area contributed by atoms with Crippen LogP contribution in [0, 0.1) is 0 Å². The smallest absolute Gasteiger partial charge is 0.237 e. The van der Waals surface area contributed by atoms with Gasteiger partial charge in [0.2, 0.25) is 11.8 Å². The maximum absolute atomic E-state index is 12.0. The zero-order valence-corrected chi connectivity index (χ0v) is 16.0. The number of primary amides is 1. The number of nitrogens with two attached hydrogens (primary N) is 1. The van der Waals surface area contributed by atoms with Crippen molar-refractivity contribution in [3.63, 3.8) is 0 Å². The highest BCUT2D eigenvalue weighted by Crippen LogP contribution is 2.43. The van der Waals surface area contributed by atoms with E-state index in [4.69, 9.17) is 5.73 Å². The minimum absolute atomic E-state index is 0. The maximum Gasteiger partial charge on any atom is 0.237 e. The molecule has 3 heterocycles. The second kappa shape index (κ2) is 8.70. The van der Waals surface area contributed by atoms with Crippen molar-refractivity contribution in [2.45, 2.75) is 50.6 Å². The Labute approximate surface area is 156 Å². The molecule has 3 fully saturated rings. The zero-order chi connectivity index (χ0) is 15.7. The molecule has 2 atom stereocenters. The van der Waals surface area contributed by atoms with Gasteiger partial charge < -0.3 is 10.6 Å². The van der Waals surface area contributed by atoms with Crippen LogP contribution in [0.3, 0.4) is 0 Å². The Bertz CT molecular complexity index is 453. The van der Waals surface area contributed by atoms with Gasteiger partial charge in [0.25, 0.3) is 0 Å². The van der Waals surface area contributed by atoms with E-state index < -0.39 is 0 Å². The predicted molar refractivity (Wildman–Crippen MR) is 98.7 cm³/mol. The molecule has 6 nitrogen and oxygen atoms in total. The van der Waals surface area contributed by atoms with Crippen LogP contribution in [0.5, 0.6) is 0 Å². The Balaban J connectivity index is 0.00000144. The van der Waals surface area contributed by atoms with Crippen molar-refractivity contribution in [1.29, 1.82) is 0 Å². The summed E-state index contributed by atoms with van der Waals surface area (Å²) in [4.78, 5) is 30.1. The Kier molecular flexibility index (Phi) is 7.78. The number of carbonyl (C=O) groups excluding carboxylic acids is 2. The predicted octanol–water partition coefficient (Wildman–Crippen LogP) is 0.867. The van der Waals surface area contributed by atoms with Crippen molar-refractivity contribution in [2.24, 2.45) is 5.73 Å². The Morgan fingerprint density at radius 3 is 2.29 bits per heavy atom. The lowest BCUT2D eigenvalue weighted by atomic mass is 9.87. The lowest BCUT2D eigenvalue weighted by Gasteiger charge is -2.44. The summed E-state index contributed by atoms with van der Waals surface area (Å²) in [6, 6.07) is 0.541. The quantitative estimate of drug-likeness (QED) is 0.785. The standard InChI is InChI=1S/C16H28N4O2.2ClH/c1-13(21)19-10-7-18(8-11-19)9-12-20-14-3-2-5-16(20,6-4-14)15(17)22;;/h14H,2-12H2,1H3,(H2,17,22);2*1H/t14-,16+;;/m1../s1. The molecule has 0 saturated carbocycles. The van der Waals surface area contributed by atoms with E-state index in [0.29, 0.717) is 6.04 Å². The fourth-order valence-corrected chi connectivity index (χ4v) is 4.57. The molecule has 0 radical (unpaired) electrons. The van der Waals surface area contributed by atoms with Crippen molar-refractivity contribution in [2.75, 3.05) is 39.3 Å². The SMILES string of the molecule is CC(=O)N1CCN(CCN2[C@@H]3CCC[C@@]2(C(N)=O)CC3)CC1.Cl.Cl. The van der Waals surface area contributed by atoms with Gasteiger partial charge in [0.15, 0.2) is 0 Å². The fraction of sp³-hybridized carbons (Fsp3) is 0.875. The maximum atomic E-state index is 12.0. The Morgan fingerprint density at radius 1 is 1.04 bits per heavy atom. The molecule has 3 rings (SSSR count). The molecule has 3 aliphatic heterocycles. The summed E-state index contributed by atoms with van der Waals surface area (Å²) < 4.78 is 0. The van der Waals surface area contributed by atoms with E-state index in [2.05, 4.69) is 9.80 Å². The molecule has 3 saturated heterocycles. The number of carbonyl (C=O) groups is 2. The highest BCUT2D eigenvalue weighted by atomic mass is 35.5. The normalized spacial score (nSPS) is 30.4. The Hall–Kier alpha value is -0.560. The van der Waals surface area contributed by atoms with Crippen LogP contribution in [0.4, 0.5) is 0 Å². The highest BCUT2D eigenvalue weighted by Gasteiger charge is 2.52. The van der Waals surface area contributed by atoms with Crippen LogP contribution in [0.1, 0.15) is 39.0 Å². The van der Waals surface area contributed by atoms with Gasteiger partial charge in [-0.1, -0.05) is 0 Å². The molecule has 0 aromatic heterocycles. The molecular weight excluding hydrogens is 351 g/mol. The van der Waals surface area contributed by atoms with E-state index in [-0.39, 0.29) is 42.2 Å². The van der Waals surface area contributed by atoms with Gasteiger partial charge in [0.05, 0.1) is 0 Å². The van der Waals surface area contributed by atoms with Crippen LogP contribution in [0.15, 0.2) is 0 Å². The first-order valence-electron chi connectivity index (χ1n) is 8.57. The summed E-state index contributed by atoms with van der Waals surface area (Å²) in [6.45, 7) is 7.03. The summed E-state index contributed by atoms with van der Waals surface area (Å²) in [5.74, 6) is 0.0394. The fourth-order valence-electron chi connectivity index (χ4n) is 4.57. The molecule has 3 aliphatic rings. The summed E-state index contributed by atoms with van der Waals surface area (Å²) in [7, 11) is 0. The molecule has 0 aromatic carbocycles. The third kappa shape index (κ3) is 3.98. The van der Waals surface area contributed by atoms with Gasteiger partial charge in [-0.05, 0) is 32.1 Å².